The van der Waals surface area contributed by atoms with E-state index in [9.17, 15) is 10.1 Å². The van der Waals surface area contributed by atoms with Gasteiger partial charge in [-0.2, -0.15) is 0 Å². The van der Waals surface area contributed by atoms with E-state index in [1.54, 1.807) is 19.2 Å². The molecule has 0 amide bonds. The molecule has 5 heteroatoms. The highest BCUT2D eigenvalue weighted by Crippen LogP contribution is 2.54. The summed E-state index contributed by atoms with van der Waals surface area (Å²) >= 11 is 0. The monoisotopic (exact) mass is 378 g/mol. The first-order valence-electron chi connectivity index (χ1n) is 9.70. The number of methoxy groups -OCH3 is 1. The smallest absolute Gasteiger partial charge is 0.275 e. The number of rotatable bonds is 3. The summed E-state index contributed by atoms with van der Waals surface area (Å²) in [5.74, 6) is 0.911. The number of nitro groups is 1. The van der Waals surface area contributed by atoms with Crippen LogP contribution >= 0.6 is 0 Å². The number of hydrogen-bond acceptors (Lipinski definition) is 4. The Morgan fingerprint density at radius 1 is 1.14 bits per heavy atom. The van der Waals surface area contributed by atoms with Crippen LogP contribution in [-0.2, 0) is 5.41 Å². The van der Waals surface area contributed by atoms with Gasteiger partial charge in [-0.1, -0.05) is 57.2 Å². The lowest BCUT2D eigenvalue weighted by Crippen LogP contribution is -2.30. The fourth-order valence-corrected chi connectivity index (χ4v) is 4.51. The van der Waals surface area contributed by atoms with Crippen molar-refractivity contribution in [3.63, 3.8) is 0 Å². The molecule has 4 rings (SSSR count). The minimum absolute atomic E-state index is 0.0130. The van der Waals surface area contributed by atoms with Gasteiger partial charge in [0, 0.05) is 12.0 Å². The van der Waals surface area contributed by atoms with E-state index in [2.05, 4.69) is 62.5 Å². The first-order chi connectivity index (χ1) is 13.3. The number of ether oxygens (including phenoxy) is 1. The molecule has 0 saturated heterocycles. The molecule has 2 aromatic rings. The lowest BCUT2D eigenvalue weighted by Gasteiger charge is -2.38. The average Bonchev–Trinajstić information content (AvgIpc) is 3.15. The zero-order valence-electron chi connectivity index (χ0n) is 16.7. The second kappa shape index (κ2) is 6.66. The lowest BCUT2D eigenvalue weighted by atomic mass is 9.75. The van der Waals surface area contributed by atoms with Crippen LogP contribution in [0.4, 0.5) is 11.4 Å². The molecular formula is C23H26N2O3. The van der Waals surface area contributed by atoms with Gasteiger partial charge in [0.05, 0.1) is 29.3 Å². The molecule has 0 aromatic heterocycles. The summed E-state index contributed by atoms with van der Waals surface area (Å²) in [6, 6.07) is 12.1. The number of benzene rings is 2. The van der Waals surface area contributed by atoms with Gasteiger partial charge >= 0.3 is 0 Å². The first kappa shape index (κ1) is 18.5. The summed E-state index contributed by atoms with van der Waals surface area (Å²) in [6.45, 7) is 6.62. The Balaban J connectivity index is 1.80. The number of anilines is 1. The van der Waals surface area contributed by atoms with Gasteiger partial charge in [0.2, 0.25) is 0 Å². The molecule has 5 nitrogen and oxygen atoms in total. The van der Waals surface area contributed by atoms with Crippen molar-refractivity contribution in [3.8, 4) is 5.75 Å². The minimum atomic E-state index is -0.290. The van der Waals surface area contributed by atoms with Crippen molar-refractivity contribution in [2.45, 2.75) is 44.6 Å². The van der Waals surface area contributed by atoms with Crippen molar-refractivity contribution < 1.29 is 9.66 Å². The maximum atomic E-state index is 11.7. The Morgan fingerprint density at radius 3 is 2.46 bits per heavy atom. The van der Waals surface area contributed by atoms with E-state index in [1.165, 1.54) is 11.1 Å². The molecule has 1 aliphatic carbocycles. The summed E-state index contributed by atoms with van der Waals surface area (Å²) in [6.07, 6.45) is 5.16. The zero-order chi connectivity index (χ0) is 20.1. The van der Waals surface area contributed by atoms with E-state index in [0.717, 1.165) is 17.7 Å². The van der Waals surface area contributed by atoms with Gasteiger partial charge in [-0.3, -0.25) is 10.1 Å². The molecule has 2 aromatic carbocycles. The molecule has 1 aliphatic heterocycles. The summed E-state index contributed by atoms with van der Waals surface area (Å²) in [4.78, 5) is 11.4. The lowest BCUT2D eigenvalue weighted by molar-refractivity contribution is -0.385. The second-order valence-electron chi connectivity index (χ2n) is 8.68. The van der Waals surface area contributed by atoms with Crippen molar-refractivity contribution in [2.24, 2.45) is 5.92 Å². The van der Waals surface area contributed by atoms with Crippen molar-refractivity contribution in [1.82, 2.24) is 0 Å². The summed E-state index contributed by atoms with van der Waals surface area (Å²) in [5, 5.41) is 15.2. The summed E-state index contributed by atoms with van der Waals surface area (Å²) in [5.41, 5.74) is 4.24. The third-order valence-electron chi connectivity index (χ3n) is 6.01. The number of fused-ring (bicyclic) bond motifs is 3. The van der Waals surface area contributed by atoms with Gasteiger partial charge < -0.3 is 10.1 Å². The molecule has 0 bridgehead atoms. The van der Waals surface area contributed by atoms with Gasteiger partial charge in [-0.05, 0) is 34.9 Å². The standard InChI is InChI=1S/C23H26N2O3/c1-23(2,3)15-10-8-14(9-11-15)21-17-7-5-6-16(17)20-18(25(26)27)12-13-19(28-4)22(20)24-21/h5-6,8-13,16-17,21,24H,7H2,1-4H3/t16-,17-,21+/m0/s1. The number of nitrogens with one attached hydrogen (secondary N) is 1. The van der Waals surface area contributed by atoms with E-state index >= 15 is 0 Å². The van der Waals surface area contributed by atoms with Crippen LogP contribution in [0.3, 0.4) is 0 Å². The molecule has 0 fully saturated rings. The molecule has 1 N–H and O–H groups in total. The van der Waals surface area contributed by atoms with Crippen LogP contribution in [0.25, 0.3) is 0 Å². The molecule has 146 valence electrons. The fraction of sp³-hybridized carbons (Fsp3) is 0.391. The first-order valence-corrected chi connectivity index (χ1v) is 9.70. The van der Waals surface area contributed by atoms with Crippen LogP contribution in [0, 0.1) is 16.0 Å². The maximum absolute atomic E-state index is 11.7. The number of nitrogens with zero attached hydrogens (tertiary/aromatic N) is 1. The van der Waals surface area contributed by atoms with Crippen LogP contribution in [-0.4, -0.2) is 12.0 Å². The predicted molar refractivity (Wildman–Crippen MR) is 111 cm³/mol. The Bertz CT molecular complexity index is 942. The SMILES string of the molecule is COc1ccc([N+](=O)[O-])c2c1N[C@H](c1ccc(C(C)(C)C)cc1)[C@H]1CC=C[C@H]21. The minimum Gasteiger partial charge on any atom is -0.495 e. The fourth-order valence-electron chi connectivity index (χ4n) is 4.51. The highest BCUT2D eigenvalue weighted by atomic mass is 16.6. The van der Waals surface area contributed by atoms with E-state index in [0.29, 0.717) is 5.75 Å². The molecule has 2 aliphatic rings. The normalized spacial score (nSPS) is 22.9. The van der Waals surface area contributed by atoms with Crippen LogP contribution in [0.5, 0.6) is 5.75 Å². The molecule has 3 atom stereocenters. The van der Waals surface area contributed by atoms with Gasteiger partial charge in [-0.15, -0.1) is 0 Å². The van der Waals surface area contributed by atoms with Gasteiger partial charge in [-0.25, -0.2) is 0 Å². The third-order valence-corrected chi connectivity index (χ3v) is 6.01. The van der Waals surface area contributed by atoms with E-state index in [4.69, 9.17) is 4.74 Å². The van der Waals surface area contributed by atoms with Crippen molar-refractivity contribution in [2.75, 3.05) is 12.4 Å². The average molecular weight is 378 g/mol. The highest BCUT2D eigenvalue weighted by molar-refractivity contribution is 5.73. The van der Waals surface area contributed by atoms with Gasteiger partial charge in [0.25, 0.3) is 5.69 Å². The quantitative estimate of drug-likeness (QED) is 0.421. The molecule has 0 saturated carbocycles. The maximum Gasteiger partial charge on any atom is 0.275 e. The molecular weight excluding hydrogens is 352 g/mol. The van der Waals surface area contributed by atoms with Crippen LogP contribution in [0.2, 0.25) is 0 Å². The second-order valence-corrected chi connectivity index (χ2v) is 8.68. The molecule has 1 heterocycles. The van der Waals surface area contributed by atoms with Crippen LogP contribution < -0.4 is 10.1 Å². The Labute approximate surface area is 165 Å². The van der Waals surface area contributed by atoms with Gasteiger partial charge in [0.1, 0.15) is 5.75 Å². The molecule has 0 unspecified atom stereocenters. The van der Waals surface area contributed by atoms with Crippen molar-refractivity contribution in [3.05, 3.63) is 75.4 Å². The number of allylic oxidation sites excluding steroid dienone is 2. The predicted octanol–water partition coefficient (Wildman–Crippen LogP) is 5.73. The Hall–Kier alpha value is -2.82. The third kappa shape index (κ3) is 2.95. The highest BCUT2D eigenvalue weighted by Gasteiger charge is 2.42. The van der Waals surface area contributed by atoms with Gasteiger partial charge in [0.15, 0.2) is 0 Å². The largest absolute Gasteiger partial charge is 0.495 e. The zero-order valence-corrected chi connectivity index (χ0v) is 16.7. The summed E-state index contributed by atoms with van der Waals surface area (Å²) < 4.78 is 5.53. The van der Waals surface area contributed by atoms with E-state index in [1.807, 2.05) is 0 Å². The van der Waals surface area contributed by atoms with Crippen LogP contribution in [0.1, 0.15) is 55.8 Å². The van der Waals surface area contributed by atoms with Crippen molar-refractivity contribution >= 4 is 11.4 Å². The van der Waals surface area contributed by atoms with E-state index < -0.39 is 0 Å². The molecule has 28 heavy (non-hydrogen) atoms. The Kier molecular flexibility index (Phi) is 4.41. The number of hydrogen-bond donors (Lipinski definition) is 1. The number of nitro benzene ring substituents is 1. The Morgan fingerprint density at radius 2 is 1.86 bits per heavy atom. The topological polar surface area (TPSA) is 64.4 Å². The van der Waals surface area contributed by atoms with E-state index in [-0.39, 0.29) is 33.9 Å². The van der Waals surface area contributed by atoms with Crippen molar-refractivity contribution in [1.29, 1.82) is 0 Å². The summed E-state index contributed by atoms with van der Waals surface area (Å²) in [7, 11) is 1.60. The van der Waals surface area contributed by atoms with Crippen LogP contribution in [0.15, 0.2) is 48.6 Å². The molecule has 0 spiro atoms. The molecule has 0 radical (unpaired) electrons.